The molecule has 3 rings (SSSR count). The highest BCUT2D eigenvalue weighted by atomic mass is 32.2. The third-order valence-electron chi connectivity index (χ3n) is 4.18. The maximum absolute atomic E-state index is 12.3. The van der Waals surface area contributed by atoms with E-state index in [0.29, 0.717) is 11.5 Å². The zero-order chi connectivity index (χ0) is 21.2. The first-order valence-corrected chi connectivity index (χ1v) is 11.3. The van der Waals surface area contributed by atoms with Gasteiger partial charge in [-0.15, -0.1) is 0 Å². The van der Waals surface area contributed by atoms with Crippen LogP contribution in [0.5, 0.6) is 11.5 Å². The predicted octanol–water partition coefficient (Wildman–Crippen LogP) is -0.651. The molecule has 1 aliphatic heterocycles. The smallest absolute Gasteiger partial charge is 0.243 e. The number of aromatic nitrogens is 1. The van der Waals surface area contributed by atoms with Crippen LogP contribution in [0.3, 0.4) is 0 Å². The number of carbonyl (C=O) groups excluding carboxylic acids is 1. The maximum Gasteiger partial charge on any atom is 0.243 e. The highest BCUT2D eigenvalue weighted by Crippen LogP contribution is 2.32. The first-order chi connectivity index (χ1) is 13.7. The van der Waals surface area contributed by atoms with Crippen molar-refractivity contribution in [3.8, 4) is 11.5 Å². The Morgan fingerprint density at radius 3 is 2.17 bits per heavy atom. The fraction of sp³-hybridized carbons (Fsp3) is 0.312. The minimum absolute atomic E-state index is 0.147. The number of benzene rings is 1. The lowest BCUT2D eigenvalue weighted by atomic mass is 10.2. The zero-order valence-electron chi connectivity index (χ0n) is 15.6. The van der Waals surface area contributed by atoms with Crippen molar-refractivity contribution in [3.63, 3.8) is 0 Å². The lowest BCUT2D eigenvalue weighted by Gasteiger charge is -2.07. The summed E-state index contributed by atoms with van der Waals surface area (Å²) in [5.41, 5.74) is 0.784. The van der Waals surface area contributed by atoms with Gasteiger partial charge in [-0.1, -0.05) is 6.07 Å². The summed E-state index contributed by atoms with van der Waals surface area (Å²) < 4.78 is 64.4. The van der Waals surface area contributed by atoms with Crippen molar-refractivity contribution < 1.29 is 31.1 Å². The largest absolute Gasteiger partial charge is 0.454 e. The predicted molar refractivity (Wildman–Crippen MR) is 101 cm³/mol. The molecule has 0 fully saturated rings. The molecule has 1 aromatic carbocycles. The molecule has 2 heterocycles. The van der Waals surface area contributed by atoms with Gasteiger partial charge in [0.05, 0.1) is 0 Å². The number of sulfonamides is 2. The number of nitrogens with zero attached hydrogens (tertiary/aromatic N) is 1. The van der Waals surface area contributed by atoms with Gasteiger partial charge in [-0.2, -0.15) is 0 Å². The van der Waals surface area contributed by atoms with Gasteiger partial charge in [0.1, 0.15) is 16.3 Å². The summed E-state index contributed by atoms with van der Waals surface area (Å²) in [6.45, 7) is 0.0879. The Balaban J connectivity index is 1.74. The zero-order valence-corrected chi connectivity index (χ0v) is 17.3. The first kappa shape index (κ1) is 21.1. The van der Waals surface area contributed by atoms with Crippen molar-refractivity contribution in [3.05, 3.63) is 36.2 Å². The molecule has 1 aliphatic rings. The maximum atomic E-state index is 12.3. The van der Waals surface area contributed by atoms with Crippen molar-refractivity contribution in [1.29, 1.82) is 0 Å². The van der Waals surface area contributed by atoms with Gasteiger partial charge in [0.15, 0.2) is 11.5 Å². The number of amides is 1. The summed E-state index contributed by atoms with van der Waals surface area (Å²) in [4.78, 5) is 11.4. The second-order valence-electron chi connectivity index (χ2n) is 6.04. The molecular weight excluding hydrogens is 424 g/mol. The van der Waals surface area contributed by atoms with Gasteiger partial charge in [-0.05, 0) is 31.8 Å². The Hall–Kier alpha value is -2.61. The number of fused-ring (bicyclic) bond motifs is 1. The minimum atomic E-state index is -4.05. The van der Waals surface area contributed by atoms with Gasteiger partial charge >= 0.3 is 0 Å². The fourth-order valence-corrected chi connectivity index (χ4v) is 4.94. The molecule has 0 saturated carbocycles. The summed E-state index contributed by atoms with van der Waals surface area (Å²) in [6.07, 6.45) is 2.19. The quantitative estimate of drug-likeness (QED) is 0.491. The van der Waals surface area contributed by atoms with Gasteiger partial charge in [-0.25, -0.2) is 26.3 Å². The second-order valence-corrected chi connectivity index (χ2v) is 9.75. The molecule has 0 atom stereocenters. The van der Waals surface area contributed by atoms with Crippen LogP contribution in [0.2, 0.25) is 0 Å². The van der Waals surface area contributed by atoms with Gasteiger partial charge in [0.25, 0.3) is 0 Å². The van der Waals surface area contributed by atoms with Gasteiger partial charge in [0.2, 0.25) is 32.7 Å². The highest BCUT2D eigenvalue weighted by Gasteiger charge is 2.27. The molecule has 1 amide bonds. The van der Waals surface area contributed by atoms with Crippen LogP contribution in [0, 0.1) is 0 Å². The van der Waals surface area contributed by atoms with E-state index in [1.165, 1.54) is 18.7 Å². The van der Waals surface area contributed by atoms with Crippen LogP contribution in [0.15, 0.2) is 40.4 Å². The summed E-state index contributed by atoms with van der Waals surface area (Å²) in [5.74, 6) is 0.787. The first-order valence-electron chi connectivity index (χ1n) is 8.38. The van der Waals surface area contributed by atoms with Crippen molar-refractivity contribution in [2.24, 2.45) is 0 Å². The molecule has 0 bridgehead atoms. The molecule has 0 radical (unpaired) electrons. The topological polar surface area (TPSA) is 145 Å². The molecule has 11 nitrogen and oxygen atoms in total. The van der Waals surface area contributed by atoms with Crippen molar-refractivity contribution in [2.75, 3.05) is 20.9 Å². The molecule has 2 aromatic rings. The van der Waals surface area contributed by atoms with Crippen molar-refractivity contribution >= 4 is 26.0 Å². The molecule has 29 heavy (non-hydrogen) atoms. The van der Waals surface area contributed by atoms with E-state index in [9.17, 15) is 21.6 Å². The Morgan fingerprint density at radius 1 is 1.00 bits per heavy atom. The standard InChI is InChI=1S/C16H20N4O7S2/c1-17-28(22,23)14-7-20(8-15(14)29(24,25)18-2)9-16(21)19-6-11-3-4-12-13(5-11)27-10-26-12/h3-5,7-8,17-18H,6,9-10H2,1-2H3,(H,19,21). The summed E-state index contributed by atoms with van der Waals surface area (Å²) in [5, 5.41) is 2.69. The molecule has 0 spiro atoms. The van der Waals surface area contributed by atoms with Crippen LogP contribution in [-0.4, -0.2) is 48.2 Å². The number of rotatable bonds is 8. The Morgan fingerprint density at radius 2 is 1.59 bits per heavy atom. The van der Waals surface area contributed by atoms with Gasteiger partial charge in [-0.3, -0.25) is 4.79 Å². The average molecular weight is 444 g/mol. The van der Waals surface area contributed by atoms with E-state index >= 15 is 0 Å². The molecule has 0 unspecified atom stereocenters. The monoisotopic (exact) mass is 444 g/mol. The van der Waals surface area contributed by atoms with Crippen molar-refractivity contribution in [1.82, 2.24) is 19.3 Å². The fourth-order valence-electron chi connectivity index (χ4n) is 2.65. The number of ether oxygens (including phenoxy) is 2. The lowest BCUT2D eigenvalue weighted by molar-refractivity contribution is -0.121. The van der Waals surface area contributed by atoms with Crippen LogP contribution in [0.4, 0.5) is 0 Å². The van der Waals surface area contributed by atoms with E-state index in [4.69, 9.17) is 9.47 Å². The number of hydrogen-bond acceptors (Lipinski definition) is 7. The van der Waals surface area contributed by atoms with E-state index < -0.39 is 35.7 Å². The Kier molecular flexibility index (Phi) is 5.84. The van der Waals surface area contributed by atoms with Gasteiger partial charge in [0, 0.05) is 18.9 Å². The second kappa shape index (κ2) is 8.02. The van der Waals surface area contributed by atoms with Crippen molar-refractivity contribution in [2.45, 2.75) is 22.9 Å². The Labute approximate surface area is 168 Å². The van der Waals surface area contributed by atoms with Crippen LogP contribution in [0.25, 0.3) is 0 Å². The van der Waals surface area contributed by atoms with E-state index in [0.717, 1.165) is 18.0 Å². The summed E-state index contributed by atoms with van der Waals surface area (Å²) >= 11 is 0. The molecule has 0 aliphatic carbocycles. The van der Waals surface area contributed by atoms with Crippen LogP contribution < -0.4 is 24.2 Å². The molecule has 13 heteroatoms. The highest BCUT2D eigenvalue weighted by molar-refractivity contribution is 7.92. The third-order valence-corrected chi connectivity index (χ3v) is 7.19. The van der Waals surface area contributed by atoms with Crippen LogP contribution in [0.1, 0.15) is 5.56 Å². The van der Waals surface area contributed by atoms with E-state index in [1.54, 1.807) is 18.2 Å². The van der Waals surface area contributed by atoms with E-state index in [1.807, 2.05) is 0 Å². The van der Waals surface area contributed by atoms with Crippen LogP contribution in [-0.2, 0) is 37.9 Å². The number of hydrogen-bond donors (Lipinski definition) is 3. The minimum Gasteiger partial charge on any atom is -0.454 e. The lowest BCUT2D eigenvalue weighted by Crippen LogP contribution is -2.26. The molecule has 3 N–H and O–H groups in total. The Bertz CT molecular complexity index is 1090. The third kappa shape index (κ3) is 4.53. The summed E-state index contributed by atoms with van der Waals surface area (Å²) in [7, 11) is -5.76. The molecule has 0 saturated heterocycles. The van der Waals surface area contributed by atoms with Gasteiger partial charge < -0.3 is 19.4 Å². The SMILES string of the molecule is CNS(=O)(=O)c1cn(CC(=O)NCc2ccc3c(c2)OCO3)cc1S(=O)(=O)NC. The number of nitrogens with one attached hydrogen (secondary N) is 3. The molecular formula is C16H20N4O7S2. The van der Waals surface area contributed by atoms with Crippen LogP contribution >= 0.6 is 0 Å². The normalized spacial score (nSPS) is 13.4. The molecule has 158 valence electrons. The number of carbonyl (C=O) groups is 1. The summed E-state index contributed by atoms with van der Waals surface area (Å²) in [6, 6.07) is 5.26. The molecule has 1 aromatic heterocycles. The van der Waals surface area contributed by atoms with E-state index in [2.05, 4.69) is 14.8 Å². The average Bonchev–Trinajstić information content (AvgIpc) is 3.33. The van der Waals surface area contributed by atoms with E-state index in [-0.39, 0.29) is 19.9 Å².